The largest absolute Gasteiger partial charge is 0.478 e. The van der Waals surface area contributed by atoms with Crippen LogP contribution >= 0.6 is 0 Å². The van der Waals surface area contributed by atoms with Gasteiger partial charge in [0.25, 0.3) is 5.91 Å². The van der Waals surface area contributed by atoms with Crippen molar-refractivity contribution in [3.05, 3.63) is 36.4 Å². The molecule has 4 nitrogen and oxygen atoms in total. The van der Waals surface area contributed by atoms with E-state index in [0.717, 1.165) is 29.8 Å². The van der Waals surface area contributed by atoms with Crippen molar-refractivity contribution < 1.29 is 9.53 Å². The molecule has 0 aromatic heterocycles. The molecule has 0 fully saturated rings. The second-order valence-electron chi connectivity index (χ2n) is 6.14. The molecule has 1 heterocycles. The van der Waals surface area contributed by atoms with Crippen LogP contribution < -0.4 is 15.4 Å². The Bertz CT molecular complexity index is 554. The van der Waals surface area contributed by atoms with Gasteiger partial charge in [-0.2, -0.15) is 0 Å². The molecule has 1 aromatic rings. The van der Waals surface area contributed by atoms with Gasteiger partial charge in [0.05, 0.1) is 5.69 Å². The standard InChI is InChI=1S/C18H26N2O2/c1-5-7-14(19)13-8-9-16-15(11-13)20(10-6-2)18(21)17(22-16)12(3)4/h6,8-9,11-12,14,17H,2,5,7,10,19H2,1,3-4H3. The minimum Gasteiger partial charge on any atom is -0.478 e. The van der Waals surface area contributed by atoms with E-state index < -0.39 is 6.10 Å². The van der Waals surface area contributed by atoms with Crippen molar-refractivity contribution in [3.63, 3.8) is 0 Å². The number of rotatable bonds is 6. The fourth-order valence-electron chi connectivity index (χ4n) is 2.75. The highest BCUT2D eigenvalue weighted by Gasteiger charge is 2.36. The lowest BCUT2D eigenvalue weighted by atomic mass is 9.99. The number of fused-ring (bicyclic) bond motifs is 1. The second kappa shape index (κ2) is 6.97. The molecule has 0 saturated heterocycles. The second-order valence-corrected chi connectivity index (χ2v) is 6.14. The zero-order valence-electron chi connectivity index (χ0n) is 13.7. The highest BCUT2D eigenvalue weighted by molar-refractivity contribution is 6.00. The smallest absolute Gasteiger partial charge is 0.268 e. The lowest BCUT2D eigenvalue weighted by Crippen LogP contribution is -2.48. The molecular weight excluding hydrogens is 276 g/mol. The Balaban J connectivity index is 2.41. The van der Waals surface area contributed by atoms with Crippen LogP contribution in [0.1, 0.15) is 45.2 Å². The van der Waals surface area contributed by atoms with Crippen molar-refractivity contribution in [3.8, 4) is 5.75 Å². The molecule has 2 rings (SSSR count). The zero-order chi connectivity index (χ0) is 16.3. The number of carbonyl (C=O) groups excluding carboxylic acids is 1. The summed E-state index contributed by atoms with van der Waals surface area (Å²) >= 11 is 0. The predicted molar refractivity (Wildman–Crippen MR) is 90.1 cm³/mol. The molecule has 0 spiro atoms. The maximum Gasteiger partial charge on any atom is 0.268 e. The van der Waals surface area contributed by atoms with Gasteiger partial charge in [0, 0.05) is 12.6 Å². The molecule has 1 aromatic carbocycles. The Hall–Kier alpha value is -1.81. The van der Waals surface area contributed by atoms with E-state index in [9.17, 15) is 4.79 Å². The monoisotopic (exact) mass is 302 g/mol. The first-order valence-corrected chi connectivity index (χ1v) is 7.98. The number of nitrogens with two attached hydrogens (primary N) is 1. The summed E-state index contributed by atoms with van der Waals surface area (Å²) in [5.74, 6) is 0.853. The predicted octanol–water partition coefficient (Wildman–Crippen LogP) is 3.42. The van der Waals surface area contributed by atoms with E-state index in [-0.39, 0.29) is 17.9 Å². The van der Waals surface area contributed by atoms with Gasteiger partial charge in [0.1, 0.15) is 5.75 Å². The fraction of sp³-hybridized carbons (Fsp3) is 0.500. The van der Waals surface area contributed by atoms with Gasteiger partial charge in [-0.1, -0.05) is 39.3 Å². The molecular formula is C18H26N2O2. The van der Waals surface area contributed by atoms with E-state index in [1.165, 1.54) is 0 Å². The van der Waals surface area contributed by atoms with Crippen LogP contribution in [-0.2, 0) is 4.79 Å². The number of hydrogen-bond donors (Lipinski definition) is 1. The number of carbonyl (C=O) groups is 1. The molecule has 1 aliphatic rings. The van der Waals surface area contributed by atoms with Gasteiger partial charge < -0.3 is 15.4 Å². The topological polar surface area (TPSA) is 55.6 Å². The van der Waals surface area contributed by atoms with Gasteiger partial charge in [-0.15, -0.1) is 6.58 Å². The van der Waals surface area contributed by atoms with Crippen LogP contribution in [0.2, 0.25) is 0 Å². The van der Waals surface area contributed by atoms with Gasteiger partial charge in [-0.25, -0.2) is 0 Å². The summed E-state index contributed by atoms with van der Waals surface area (Å²) in [6, 6.07) is 5.89. The molecule has 0 radical (unpaired) electrons. The van der Waals surface area contributed by atoms with E-state index >= 15 is 0 Å². The first-order chi connectivity index (χ1) is 10.5. The van der Waals surface area contributed by atoms with Crippen molar-refractivity contribution in [1.82, 2.24) is 0 Å². The molecule has 22 heavy (non-hydrogen) atoms. The summed E-state index contributed by atoms with van der Waals surface area (Å²) in [6.45, 7) is 10.3. The Morgan fingerprint density at radius 3 is 2.77 bits per heavy atom. The molecule has 0 bridgehead atoms. The van der Waals surface area contributed by atoms with Crippen molar-refractivity contribution >= 4 is 11.6 Å². The minimum atomic E-state index is -0.442. The minimum absolute atomic E-state index is 0.0105. The quantitative estimate of drug-likeness (QED) is 0.819. The normalized spacial score (nSPS) is 18.9. The van der Waals surface area contributed by atoms with Crippen LogP contribution in [0, 0.1) is 5.92 Å². The fourth-order valence-corrected chi connectivity index (χ4v) is 2.75. The number of anilines is 1. The summed E-state index contributed by atoms with van der Waals surface area (Å²) in [5.41, 5.74) is 8.04. The number of benzene rings is 1. The summed E-state index contributed by atoms with van der Waals surface area (Å²) < 4.78 is 5.91. The summed E-state index contributed by atoms with van der Waals surface area (Å²) in [4.78, 5) is 14.4. The summed E-state index contributed by atoms with van der Waals surface area (Å²) in [6.07, 6.45) is 3.24. The van der Waals surface area contributed by atoms with E-state index in [1.54, 1.807) is 11.0 Å². The molecule has 2 unspecified atom stereocenters. The molecule has 0 saturated carbocycles. The molecule has 0 aliphatic carbocycles. The van der Waals surface area contributed by atoms with Crippen LogP contribution in [-0.4, -0.2) is 18.6 Å². The first kappa shape index (κ1) is 16.6. The first-order valence-electron chi connectivity index (χ1n) is 7.98. The Morgan fingerprint density at radius 1 is 1.45 bits per heavy atom. The van der Waals surface area contributed by atoms with E-state index in [0.29, 0.717) is 6.54 Å². The maximum absolute atomic E-state index is 12.6. The van der Waals surface area contributed by atoms with Crippen LogP contribution in [0.4, 0.5) is 5.69 Å². The van der Waals surface area contributed by atoms with Gasteiger partial charge in [0.2, 0.25) is 0 Å². The van der Waals surface area contributed by atoms with Gasteiger partial charge in [-0.3, -0.25) is 4.79 Å². The molecule has 1 amide bonds. The molecule has 2 N–H and O–H groups in total. The lowest BCUT2D eigenvalue weighted by Gasteiger charge is -2.36. The maximum atomic E-state index is 12.6. The SMILES string of the molecule is C=CCN1C(=O)C(C(C)C)Oc2ccc(C(N)CCC)cc21. The number of nitrogens with zero attached hydrogens (tertiary/aromatic N) is 1. The molecule has 2 atom stereocenters. The average molecular weight is 302 g/mol. The molecule has 120 valence electrons. The third-order valence-electron chi connectivity index (χ3n) is 3.98. The van der Waals surface area contributed by atoms with Crippen LogP contribution in [0.15, 0.2) is 30.9 Å². The van der Waals surface area contributed by atoms with E-state index in [2.05, 4.69) is 13.5 Å². The van der Waals surface area contributed by atoms with Crippen LogP contribution in [0.5, 0.6) is 5.75 Å². The van der Waals surface area contributed by atoms with Crippen LogP contribution in [0.3, 0.4) is 0 Å². The van der Waals surface area contributed by atoms with Crippen LogP contribution in [0.25, 0.3) is 0 Å². The Morgan fingerprint density at radius 2 is 2.18 bits per heavy atom. The number of ether oxygens (including phenoxy) is 1. The highest BCUT2D eigenvalue weighted by atomic mass is 16.5. The number of hydrogen-bond acceptors (Lipinski definition) is 3. The van der Waals surface area contributed by atoms with Crippen molar-refractivity contribution in [1.29, 1.82) is 0 Å². The Kier molecular flexibility index (Phi) is 5.24. The lowest BCUT2D eigenvalue weighted by molar-refractivity contribution is -0.128. The third kappa shape index (κ3) is 3.17. The van der Waals surface area contributed by atoms with E-state index in [4.69, 9.17) is 10.5 Å². The van der Waals surface area contributed by atoms with Crippen molar-refractivity contribution in [2.45, 2.75) is 45.8 Å². The van der Waals surface area contributed by atoms with Crippen molar-refractivity contribution in [2.24, 2.45) is 11.7 Å². The summed E-state index contributed by atoms with van der Waals surface area (Å²) in [5, 5.41) is 0. The zero-order valence-corrected chi connectivity index (χ0v) is 13.7. The average Bonchev–Trinajstić information content (AvgIpc) is 2.49. The third-order valence-corrected chi connectivity index (χ3v) is 3.98. The molecule has 1 aliphatic heterocycles. The number of amides is 1. The van der Waals surface area contributed by atoms with Gasteiger partial charge in [0.15, 0.2) is 6.10 Å². The van der Waals surface area contributed by atoms with Gasteiger partial charge >= 0.3 is 0 Å². The van der Waals surface area contributed by atoms with Gasteiger partial charge in [-0.05, 0) is 30.0 Å². The van der Waals surface area contributed by atoms with Crippen molar-refractivity contribution in [2.75, 3.05) is 11.4 Å². The Labute approximate surface area is 132 Å². The summed E-state index contributed by atoms with van der Waals surface area (Å²) in [7, 11) is 0. The van der Waals surface area contributed by atoms with E-state index in [1.807, 2.05) is 32.0 Å². The molecule has 4 heteroatoms. The highest BCUT2D eigenvalue weighted by Crippen LogP contribution is 2.37.